The quantitative estimate of drug-likeness (QED) is 0.622. The first-order chi connectivity index (χ1) is 13.3. The minimum Gasteiger partial charge on any atom is -0.370 e. The van der Waals surface area contributed by atoms with Gasteiger partial charge in [-0.3, -0.25) is 4.90 Å². The van der Waals surface area contributed by atoms with Crippen LogP contribution in [0.4, 0.5) is 5.69 Å². The number of hydrogen-bond donors (Lipinski definition) is 2. The number of piperidine rings is 1. The summed E-state index contributed by atoms with van der Waals surface area (Å²) < 4.78 is 0. The lowest BCUT2D eigenvalue weighted by Crippen LogP contribution is -2.29. The van der Waals surface area contributed by atoms with E-state index >= 15 is 0 Å². The van der Waals surface area contributed by atoms with Crippen molar-refractivity contribution in [2.24, 2.45) is 10.7 Å². The van der Waals surface area contributed by atoms with E-state index in [2.05, 4.69) is 57.7 Å². The van der Waals surface area contributed by atoms with Gasteiger partial charge in [-0.05, 0) is 79.6 Å². The molecule has 3 N–H and O–H groups in total. The van der Waals surface area contributed by atoms with E-state index in [0.717, 1.165) is 12.2 Å². The van der Waals surface area contributed by atoms with Crippen LogP contribution in [0.5, 0.6) is 0 Å². The van der Waals surface area contributed by atoms with Crippen molar-refractivity contribution in [2.45, 2.75) is 51.6 Å². The number of hydrogen-bond acceptors (Lipinski definition) is 2. The van der Waals surface area contributed by atoms with Gasteiger partial charge in [-0.1, -0.05) is 36.8 Å². The van der Waals surface area contributed by atoms with Crippen molar-refractivity contribution in [2.75, 3.05) is 18.4 Å². The molecule has 4 rings (SSSR count). The first-order valence-corrected chi connectivity index (χ1v) is 10.3. The average Bonchev–Trinajstić information content (AvgIpc) is 3.16. The lowest BCUT2D eigenvalue weighted by Gasteiger charge is -2.27. The SMILES string of the molecule is NC(=NCc1ccccc1CN1CCCCC1)Nc1ccc2c(c1)CCC2. The van der Waals surface area contributed by atoms with Crippen LogP contribution in [0.1, 0.15) is 47.9 Å². The fraction of sp³-hybridized carbons (Fsp3) is 0.435. The molecule has 0 bridgehead atoms. The zero-order valence-electron chi connectivity index (χ0n) is 16.1. The molecule has 1 aliphatic carbocycles. The van der Waals surface area contributed by atoms with Crippen molar-refractivity contribution in [3.05, 3.63) is 64.7 Å². The molecule has 1 fully saturated rings. The van der Waals surface area contributed by atoms with Crippen LogP contribution in [0.25, 0.3) is 0 Å². The van der Waals surface area contributed by atoms with Gasteiger partial charge in [0.1, 0.15) is 0 Å². The molecule has 0 atom stereocenters. The lowest BCUT2D eigenvalue weighted by molar-refractivity contribution is 0.220. The molecule has 0 aromatic heterocycles. The minimum atomic E-state index is 0.487. The van der Waals surface area contributed by atoms with E-state index in [9.17, 15) is 0 Å². The monoisotopic (exact) mass is 362 g/mol. The largest absolute Gasteiger partial charge is 0.370 e. The third-order valence-electron chi connectivity index (χ3n) is 5.75. The fourth-order valence-electron chi connectivity index (χ4n) is 4.23. The molecule has 2 aromatic carbocycles. The summed E-state index contributed by atoms with van der Waals surface area (Å²) in [4.78, 5) is 7.16. The van der Waals surface area contributed by atoms with Crippen LogP contribution in [0.15, 0.2) is 47.5 Å². The highest BCUT2D eigenvalue weighted by Crippen LogP contribution is 2.24. The van der Waals surface area contributed by atoms with E-state index in [-0.39, 0.29) is 0 Å². The van der Waals surface area contributed by atoms with Crippen molar-refractivity contribution in [1.82, 2.24) is 4.90 Å². The molecule has 1 saturated heterocycles. The standard InChI is InChI=1S/C23H30N4/c24-23(26-22-12-11-18-9-6-10-19(18)15-22)25-16-20-7-2-3-8-21(20)17-27-13-4-1-5-14-27/h2-3,7-8,11-12,15H,1,4-6,9-10,13-14,16-17H2,(H3,24,25,26). The summed E-state index contributed by atoms with van der Waals surface area (Å²) >= 11 is 0. The summed E-state index contributed by atoms with van der Waals surface area (Å²) in [6, 6.07) is 15.2. The molecule has 2 aliphatic rings. The smallest absolute Gasteiger partial charge is 0.193 e. The van der Waals surface area contributed by atoms with Crippen LogP contribution in [0, 0.1) is 0 Å². The normalized spacial score (nSPS) is 17.7. The highest BCUT2D eigenvalue weighted by atomic mass is 15.1. The Bertz CT molecular complexity index is 806. The predicted octanol–water partition coefficient (Wildman–Crippen LogP) is 4.09. The molecule has 4 heteroatoms. The second-order valence-corrected chi connectivity index (χ2v) is 7.77. The maximum Gasteiger partial charge on any atom is 0.193 e. The Kier molecular flexibility index (Phi) is 5.73. The first-order valence-electron chi connectivity index (χ1n) is 10.3. The van der Waals surface area contributed by atoms with Crippen LogP contribution < -0.4 is 11.1 Å². The number of rotatable bonds is 5. The average molecular weight is 363 g/mol. The Morgan fingerprint density at radius 3 is 2.56 bits per heavy atom. The van der Waals surface area contributed by atoms with Gasteiger partial charge in [0.15, 0.2) is 5.96 Å². The van der Waals surface area contributed by atoms with Crippen LogP contribution in [-0.2, 0) is 25.9 Å². The summed E-state index contributed by atoms with van der Waals surface area (Å²) in [5, 5.41) is 3.26. The third-order valence-corrected chi connectivity index (χ3v) is 5.75. The number of aliphatic imine (C=N–C) groups is 1. The van der Waals surface area contributed by atoms with Gasteiger partial charge in [-0.25, -0.2) is 4.99 Å². The number of nitrogens with two attached hydrogens (primary N) is 1. The number of likely N-dealkylation sites (tertiary alicyclic amines) is 1. The van der Waals surface area contributed by atoms with Gasteiger partial charge < -0.3 is 11.1 Å². The van der Waals surface area contributed by atoms with Crippen molar-refractivity contribution in [3.63, 3.8) is 0 Å². The Hall–Kier alpha value is -2.33. The van der Waals surface area contributed by atoms with Gasteiger partial charge in [-0.15, -0.1) is 0 Å². The van der Waals surface area contributed by atoms with Gasteiger partial charge in [0.2, 0.25) is 0 Å². The molecule has 4 nitrogen and oxygen atoms in total. The number of benzene rings is 2. The molecular weight excluding hydrogens is 332 g/mol. The molecule has 0 radical (unpaired) electrons. The Balaban J connectivity index is 1.39. The molecule has 1 aliphatic heterocycles. The molecule has 0 spiro atoms. The lowest BCUT2D eigenvalue weighted by atomic mass is 10.1. The Morgan fingerprint density at radius 2 is 1.70 bits per heavy atom. The summed E-state index contributed by atoms with van der Waals surface area (Å²) in [6.07, 6.45) is 7.64. The fourth-order valence-corrected chi connectivity index (χ4v) is 4.23. The Morgan fingerprint density at radius 1 is 0.926 bits per heavy atom. The summed E-state index contributed by atoms with van der Waals surface area (Å²) in [5.74, 6) is 0.487. The van der Waals surface area contributed by atoms with Gasteiger partial charge in [0, 0.05) is 12.2 Å². The van der Waals surface area contributed by atoms with E-state index in [1.165, 1.54) is 73.9 Å². The van der Waals surface area contributed by atoms with E-state index in [1.54, 1.807) is 0 Å². The number of guanidine groups is 1. The van der Waals surface area contributed by atoms with Crippen molar-refractivity contribution in [1.29, 1.82) is 0 Å². The highest BCUT2D eigenvalue weighted by Gasteiger charge is 2.13. The van der Waals surface area contributed by atoms with Crippen molar-refractivity contribution < 1.29 is 0 Å². The molecule has 142 valence electrons. The van der Waals surface area contributed by atoms with Crippen LogP contribution in [-0.4, -0.2) is 23.9 Å². The van der Waals surface area contributed by atoms with Gasteiger partial charge in [0.05, 0.1) is 6.54 Å². The number of nitrogens with zero attached hydrogens (tertiary/aromatic N) is 2. The summed E-state index contributed by atoms with van der Waals surface area (Å²) in [7, 11) is 0. The third kappa shape index (κ3) is 4.69. The van der Waals surface area contributed by atoms with Gasteiger partial charge in [-0.2, -0.15) is 0 Å². The molecule has 0 unspecified atom stereocenters. The summed E-state index contributed by atoms with van der Waals surface area (Å²) in [6.45, 7) is 4.05. The van der Waals surface area contributed by atoms with Gasteiger partial charge in [0.25, 0.3) is 0 Å². The van der Waals surface area contributed by atoms with Crippen LogP contribution >= 0.6 is 0 Å². The van der Waals surface area contributed by atoms with E-state index < -0.39 is 0 Å². The van der Waals surface area contributed by atoms with E-state index in [1.807, 2.05) is 0 Å². The number of aryl methyl sites for hydroxylation is 2. The molecule has 2 aromatic rings. The Labute approximate surface area is 162 Å². The minimum absolute atomic E-state index is 0.487. The highest BCUT2D eigenvalue weighted by molar-refractivity contribution is 5.92. The molecule has 0 amide bonds. The summed E-state index contributed by atoms with van der Waals surface area (Å²) in [5.41, 5.74) is 12.8. The zero-order chi connectivity index (χ0) is 18.5. The van der Waals surface area contributed by atoms with Crippen LogP contribution in [0.2, 0.25) is 0 Å². The van der Waals surface area contributed by atoms with Crippen molar-refractivity contribution in [3.8, 4) is 0 Å². The second-order valence-electron chi connectivity index (χ2n) is 7.77. The van der Waals surface area contributed by atoms with E-state index in [0.29, 0.717) is 12.5 Å². The topological polar surface area (TPSA) is 53.6 Å². The maximum atomic E-state index is 6.16. The molecule has 0 saturated carbocycles. The number of nitrogens with one attached hydrogen (secondary N) is 1. The van der Waals surface area contributed by atoms with Gasteiger partial charge >= 0.3 is 0 Å². The number of anilines is 1. The molecular formula is C23H30N4. The van der Waals surface area contributed by atoms with E-state index in [4.69, 9.17) is 5.73 Å². The maximum absolute atomic E-state index is 6.16. The first kappa shape index (κ1) is 18.1. The molecule has 27 heavy (non-hydrogen) atoms. The molecule has 1 heterocycles. The van der Waals surface area contributed by atoms with Crippen LogP contribution in [0.3, 0.4) is 0 Å². The number of fused-ring (bicyclic) bond motifs is 1. The van der Waals surface area contributed by atoms with Crippen molar-refractivity contribution >= 4 is 11.6 Å². The predicted molar refractivity (Wildman–Crippen MR) is 113 cm³/mol. The second kappa shape index (κ2) is 8.57. The zero-order valence-corrected chi connectivity index (χ0v) is 16.1.